The molecular formula is C9H17NO2. The Kier molecular flexibility index (Phi) is 4.08. The molecule has 12 heavy (non-hydrogen) atoms. The maximum absolute atomic E-state index is 10.9. The van der Waals surface area contributed by atoms with Gasteiger partial charge in [0, 0.05) is 6.54 Å². The van der Waals surface area contributed by atoms with E-state index in [2.05, 4.69) is 0 Å². The lowest BCUT2D eigenvalue weighted by Gasteiger charge is -2.08. The Hall–Kier alpha value is -0.570. The van der Waals surface area contributed by atoms with Gasteiger partial charge < -0.3 is 10.5 Å². The highest BCUT2D eigenvalue weighted by molar-refractivity contribution is 5.69. The lowest BCUT2D eigenvalue weighted by Crippen LogP contribution is -2.15. The van der Waals surface area contributed by atoms with Crippen molar-refractivity contribution >= 4 is 5.97 Å². The summed E-state index contributed by atoms with van der Waals surface area (Å²) in [5.41, 5.74) is 5.21. The fourth-order valence-corrected chi connectivity index (χ4v) is 1.58. The van der Waals surface area contributed by atoms with Crippen LogP contribution in [-0.2, 0) is 9.53 Å². The van der Waals surface area contributed by atoms with Crippen molar-refractivity contribution in [2.75, 3.05) is 13.2 Å². The molecule has 0 radical (unpaired) electrons. The molecule has 0 atom stereocenters. The summed E-state index contributed by atoms with van der Waals surface area (Å²) in [5.74, 6) is 0.469. The maximum Gasteiger partial charge on any atom is 0.307 e. The van der Waals surface area contributed by atoms with Crippen molar-refractivity contribution in [3.8, 4) is 0 Å². The lowest BCUT2D eigenvalue weighted by atomic mass is 10.1. The van der Waals surface area contributed by atoms with E-state index < -0.39 is 0 Å². The summed E-state index contributed by atoms with van der Waals surface area (Å²) in [4.78, 5) is 10.9. The molecule has 0 spiro atoms. The number of nitrogens with two attached hydrogens (primary N) is 1. The van der Waals surface area contributed by atoms with Crippen molar-refractivity contribution in [2.24, 2.45) is 11.7 Å². The molecule has 0 aromatic heterocycles. The van der Waals surface area contributed by atoms with Gasteiger partial charge in [-0.2, -0.15) is 0 Å². The first-order valence-electron chi connectivity index (χ1n) is 4.68. The van der Waals surface area contributed by atoms with Crippen LogP contribution in [0.3, 0.4) is 0 Å². The summed E-state index contributed by atoms with van der Waals surface area (Å²) in [6.07, 6.45) is 5.37. The van der Waals surface area contributed by atoms with Gasteiger partial charge in [-0.05, 0) is 18.8 Å². The van der Waals surface area contributed by atoms with Gasteiger partial charge in [-0.25, -0.2) is 0 Å². The van der Waals surface area contributed by atoms with Crippen LogP contribution in [0.5, 0.6) is 0 Å². The third kappa shape index (κ3) is 3.22. The fourth-order valence-electron chi connectivity index (χ4n) is 1.58. The summed E-state index contributed by atoms with van der Waals surface area (Å²) in [6, 6.07) is 0. The normalized spacial score (nSPS) is 18.1. The Balaban J connectivity index is 2.03. The SMILES string of the molecule is NCCC(=O)OCC1CCCC1. The van der Waals surface area contributed by atoms with Crippen LogP contribution in [0.15, 0.2) is 0 Å². The molecule has 3 heteroatoms. The molecule has 0 bridgehead atoms. The fraction of sp³-hybridized carbons (Fsp3) is 0.889. The standard InChI is InChI=1S/C9H17NO2/c10-6-5-9(11)12-7-8-3-1-2-4-8/h8H,1-7,10H2. The Morgan fingerprint density at radius 1 is 1.42 bits per heavy atom. The van der Waals surface area contributed by atoms with Crippen molar-refractivity contribution in [1.29, 1.82) is 0 Å². The van der Waals surface area contributed by atoms with Crippen molar-refractivity contribution in [3.05, 3.63) is 0 Å². The molecule has 1 rings (SSSR count). The molecule has 1 aliphatic rings. The van der Waals surface area contributed by atoms with Crippen molar-refractivity contribution < 1.29 is 9.53 Å². The number of ether oxygens (including phenoxy) is 1. The van der Waals surface area contributed by atoms with Crippen LogP contribution < -0.4 is 5.73 Å². The minimum atomic E-state index is -0.149. The molecule has 2 N–H and O–H groups in total. The average Bonchev–Trinajstić information content (AvgIpc) is 2.53. The largest absolute Gasteiger partial charge is 0.465 e. The van der Waals surface area contributed by atoms with E-state index in [4.69, 9.17) is 10.5 Å². The van der Waals surface area contributed by atoms with Crippen LogP contribution in [0, 0.1) is 5.92 Å². The second-order valence-electron chi connectivity index (χ2n) is 3.37. The van der Waals surface area contributed by atoms with Crippen molar-refractivity contribution in [2.45, 2.75) is 32.1 Å². The van der Waals surface area contributed by atoms with Crippen LogP contribution in [0.2, 0.25) is 0 Å². The van der Waals surface area contributed by atoms with E-state index in [-0.39, 0.29) is 5.97 Å². The summed E-state index contributed by atoms with van der Waals surface area (Å²) in [6.45, 7) is 1.00. The predicted molar refractivity (Wildman–Crippen MR) is 46.6 cm³/mol. The van der Waals surface area contributed by atoms with Crippen molar-refractivity contribution in [3.63, 3.8) is 0 Å². The molecule has 0 saturated heterocycles. The number of carbonyl (C=O) groups excluding carboxylic acids is 1. The number of esters is 1. The zero-order valence-corrected chi connectivity index (χ0v) is 7.42. The first-order valence-corrected chi connectivity index (χ1v) is 4.68. The predicted octanol–water partition coefficient (Wildman–Crippen LogP) is 1.07. The van der Waals surface area contributed by atoms with Gasteiger partial charge in [0.15, 0.2) is 0 Å². The molecule has 0 aromatic carbocycles. The molecule has 1 fully saturated rings. The molecule has 3 nitrogen and oxygen atoms in total. The van der Waals surface area contributed by atoms with Crippen LogP contribution in [0.1, 0.15) is 32.1 Å². The monoisotopic (exact) mass is 171 g/mol. The minimum absolute atomic E-state index is 0.149. The van der Waals surface area contributed by atoms with Gasteiger partial charge in [0.25, 0.3) is 0 Å². The van der Waals surface area contributed by atoms with Gasteiger partial charge in [-0.1, -0.05) is 12.8 Å². The van der Waals surface area contributed by atoms with E-state index in [1.165, 1.54) is 25.7 Å². The van der Waals surface area contributed by atoms with Crippen molar-refractivity contribution in [1.82, 2.24) is 0 Å². The summed E-state index contributed by atoms with van der Waals surface area (Å²) in [5, 5.41) is 0. The van der Waals surface area contributed by atoms with Gasteiger partial charge in [0.2, 0.25) is 0 Å². The number of hydrogen-bond donors (Lipinski definition) is 1. The second-order valence-corrected chi connectivity index (χ2v) is 3.37. The average molecular weight is 171 g/mol. The molecule has 0 heterocycles. The highest BCUT2D eigenvalue weighted by Gasteiger charge is 2.16. The van der Waals surface area contributed by atoms with Crippen LogP contribution in [-0.4, -0.2) is 19.1 Å². The van der Waals surface area contributed by atoms with E-state index in [0.717, 1.165) is 0 Å². The van der Waals surface area contributed by atoms with Crippen LogP contribution in [0.25, 0.3) is 0 Å². The number of rotatable bonds is 4. The highest BCUT2D eigenvalue weighted by Crippen LogP contribution is 2.24. The molecule has 0 aliphatic heterocycles. The smallest absolute Gasteiger partial charge is 0.307 e. The van der Waals surface area contributed by atoms with Gasteiger partial charge in [-0.3, -0.25) is 4.79 Å². The summed E-state index contributed by atoms with van der Waals surface area (Å²) < 4.78 is 5.05. The molecule has 70 valence electrons. The Labute approximate surface area is 73.3 Å². The topological polar surface area (TPSA) is 52.3 Å². The van der Waals surface area contributed by atoms with E-state index in [1.807, 2.05) is 0 Å². The van der Waals surface area contributed by atoms with E-state index in [9.17, 15) is 4.79 Å². The maximum atomic E-state index is 10.9. The Bertz CT molecular complexity index is 141. The third-order valence-electron chi connectivity index (χ3n) is 2.30. The third-order valence-corrected chi connectivity index (χ3v) is 2.30. The zero-order valence-electron chi connectivity index (χ0n) is 7.42. The Morgan fingerprint density at radius 3 is 2.67 bits per heavy atom. The Morgan fingerprint density at radius 2 is 2.08 bits per heavy atom. The van der Waals surface area contributed by atoms with Gasteiger partial charge >= 0.3 is 5.97 Å². The minimum Gasteiger partial charge on any atom is -0.465 e. The first-order chi connectivity index (χ1) is 5.83. The summed E-state index contributed by atoms with van der Waals surface area (Å²) in [7, 11) is 0. The number of hydrogen-bond acceptors (Lipinski definition) is 3. The van der Waals surface area contributed by atoms with Crippen LogP contribution in [0.4, 0.5) is 0 Å². The first kappa shape index (κ1) is 9.52. The highest BCUT2D eigenvalue weighted by atomic mass is 16.5. The quantitative estimate of drug-likeness (QED) is 0.644. The molecule has 1 saturated carbocycles. The number of carbonyl (C=O) groups is 1. The molecule has 0 unspecified atom stereocenters. The van der Waals surface area contributed by atoms with E-state index in [0.29, 0.717) is 25.5 Å². The summed E-state index contributed by atoms with van der Waals surface area (Å²) >= 11 is 0. The van der Waals surface area contributed by atoms with E-state index in [1.54, 1.807) is 0 Å². The molecular weight excluding hydrogens is 154 g/mol. The van der Waals surface area contributed by atoms with Gasteiger partial charge in [-0.15, -0.1) is 0 Å². The van der Waals surface area contributed by atoms with E-state index >= 15 is 0 Å². The lowest BCUT2D eigenvalue weighted by molar-refractivity contribution is -0.144. The van der Waals surface area contributed by atoms with Gasteiger partial charge in [0.05, 0.1) is 13.0 Å². The molecule has 1 aliphatic carbocycles. The second kappa shape index (κ2) is 5.14. The molecule has 0 amide bonds. The van der Waals surface area contributed by atoms with Gasteiger partial charge in [0.1, 0.15) is 0 Å². The van der Waals surface area contributed by atoms with Crippen LogP contribution >= 0.6 is 0 Å². The molecule has 0 aromatic rings. The zero-order chi connectivity index (χ0) is 8.81.